The average Bonchev–Trinajstić information content (AvgIpc) is 2.80. The molecule has 0 unspecified atom stereocenters. The fourth-order valence-corrected chi connectivity index (χ4v) is 2.36. The predicted octanol–water partition coefficient (Wildman–Crippen LogP) is 2.79. The summed E-state index contributed by atoms with van der Waals surface area (Å²) in [5, 5.41) is 4.58. The molecule has 2 rings (SSSR count). The van der Waals surface area contributed by atoms with Crippen LogP contribution in [0.15, 0.2) is 30.5 Å². The Morgan fingerprint density at radius 1 is 1.22 bits per heavy atom. The molecule has 0 saturated heterocycles. The van der Waals surface area contributed by atoms with Crippen molar-refractivity contribution >= 4 is 10.9 Å². The Labute approximate surface area is 109 Å². The van der Waals surface area contributed by atoms with Gasteiger partial charge in [-0.05, 0) is 37.6 Å². The maximum Gasteiger partial charge on any atom is 0.0483 e. The number of nitrogens with zero attached hydrogens (tertiary/aromatic N) is 1. The SMILES string of the molecule is CNCc1cccc2c1ccn2CCCCOC. The van der Waals surface area contributed by atoms with Gasteiger partial charge in [-0.1, -0.05) is 12.1 Å². The minimum absolute atomic E-state index is 0.851. The van der Waals surface area contributed by atoms with Crippen LogP contribution in [0.25, 0.3) is 10.9 Å². The second kappa shape index (κ2) is 6.57. The van der Waals surface area contributed by atoms with Gasteiger partial charge in [-0.3, -0.25) is 0 Å². The van der Waals surface area contributed by atoms with E-state index in [1.54, 1.807) is 7.11 Å². The molecule has 0 saturated carbocycles. The van der Waals surface area contributed by atoms with Crippen molar-refractivity contribution in [2.24, 2.45) is 0 Å². The summed E-state index contributed by atoms with van der Waals surface area (Å²) in [6.45, 7) is 2.84. The lowest BCUT2D eigenvalue weighted by molar-refractivity contribution is 0.191. The first-order chi connectivity index (χ1) is 8.86. The zero-order valence-corrected chi connectivity index (χ0v) is 11.3. The molecule has 0 aliphatic rings. The largest absolute Gasteiger partial charge is 0.385 e. The minimum Gasteiger partial charge on any atom is -0.385 e. The number of rotatable bonds is 7. The molecular weight excluding hydrogens is 224 g/mol. The van der Waals surface area contributed by atoms with Crippen molar-refractivity contribution in [1.82, 2.24) is 9.88 Å². The van der Waals surface area contributed by atoms with Gasteiger partial charge in [-0.25, -0.2) is 0 Å². The Bertz CT molecular complexity index is 490. The van der Waals surface area contributed by atoms with E-state index in [9.17, 15) is 0 Å². The van der Waals surface area contributed by atoms with Crippen molar-refractivity contribution in [3.63, 3.8) is 0 Å². The fraction of sp³-hybridized carbons (Fsp3) is 0.467. The lowest BCUT2D eigenvalue weighted by atomic mass is 10.1. The van der Waals surface area contributed by atoms with Gasteiger partial charge in [0.05, 0.1) is 0 Å². The van der Waals surface area contributed by atoms with Crippen molar-refractivity contribution in [3.8, 4) is 0 Å². The third kappa shape index (κ3) is 2.92. The number of aromatic nitrogens is 1. The summed E-state index contributed by atoms with van der Waals surface area (Å²) in [6.07, 6.45) is 4.47. The normalized spacial score (nSPS) is 11.2. The van der Waals surface area contributed by atoms with Gasteiger partial charge in [0.1, 0.15) is 0 Å². The fourth-order valence-electron chi connectivity index (χ4n) is 2.36. The number of nitrogens with one attached hydrogen (secondary N) is 1. The van der Waals surface area contributed by atoms with Gasteiger partial charge in [0.15, 0.2) is 0 Å². The Hall–Kier alpha value is -1.32. The maximum absolute atomic E-state index is 5.08. The highest BCUT2D eigenvalue weighted by Gasteiger charge is 2.04. The van der Waals surface area contributed by atoms with E-state index < -0.39 is 0 Å². The summed E-state index contributed by atoms with van der Waals surface area (Å²) < 4.78 is 7.42. The number of fused-ring (bicyclic) bond motifs is 1. The Kier molecular flexibility index (Phi) is 4.79. The quantitative estimate of drug-likeness (QED) is 0.760. The van der Waals surface area contributed by atoms with E-state index >= 15 is 0 Å². The number of benzene rings is 1. The summed E-state index contributed by atoms with van der Waals surface area (Å²) in [7, 11) is 3.75. The molecule has 1 heterocycles. The van der Waals surface area contributed by atoms with Crippen LogP contribution in [0.2, 0.25) is 0 Å². The molecule has 0 atom stereocenters. The number of hydrogen-bond acceptors (Lipinski definition) is 2. The Balaban J connectivity index is 2.12. The topological polar surface area (TPSA) is 26.2 Å². The average molecular weight is 246 g/mol. The zero-order valence-electron chi connectivity index (χ0n) is 11.3. The molecule has 1 aromatic heterocycles. The van der Waals surface area contributed by atoms with Gasteiger partial charge >= 0.3 is 0 Å². The molecule has 1 aromatic carbocycles. The van der Waals surface area contributed by atoms with Crippen LogP contribution in [-0.2, 0) is 17.8 Å². The van der Waals surface area contributed by atoms with Gasteiger partial charge in [-0.2, -0.15) is 0 Å². The van der Waals surface area contributed by atoms with E-state index in [1.165, 1.54) is 16.5 Å². The molecule has 0 bridgehead atoms. The summed E-state index contributed by atoms with van der Waals surface area (Å²) in [6, 6.07) is 8.75. The summed E-state index contributed by atoms with van der Waals surface area (Å²) in [5.41, 5.74) is 2.70. The van der Waals surface area contributed by atoms with Crippen molar-refractivity contribution in [2.45, 2.75) is 25.9 Å². The van der Waals surface area contributed by atoms with Crippen molar-refractivity contribution in [3.05, 3.63) is 36.0 Å². The van der Waals surface area contributed by atoms with Gasteiger partial charge in [0.2, 0.25) is 0 Å². The smallest absolute Gasteiger partial charge is 0.0483 e. The summed E-state index contributed by atoms with van der Waals surface area (Å²) in [4.78, 5) is 0. The van der Waals surface area contributed by atoms with Crippen LogP contribution in [-0.4, -0.2) is 25.3 Å². The number of ether oxygens (including phenoxy) is 1. The van der Waals surface area contributed by atoms with E-state index in [-0.39, 0.29) is 0 Å². The number of unbranched alkanes of at least 4 members (excludes halogenated alkanes) is 1. The highest BCUT2D eigenvalue weighted by atomic mass is 16.5. The van der Waals surface area contributed by atoms with Gasteiger partial charge in [-0.15, -0.1) is 0 Å². The van der Waals surface area contributed by atoms with Crippen LogP contribution in [0.4, 0.5) is 0 Å². The van der Waals surface area contributed by atoms with E-state index in [0.717, 1.165) is 32.5 Å². The summed E-state index contributed by atoms with van der Waals surface area (Å²) >= 11 is 0. The third-order valence-electron chi connectivity index (χ3n) is 3.27. The van der Waals surface area contributed by atoms with Crippen LogP contribution >= 0.6 is 0 Å². The molecule has 3 heteroatoms. The maximum atomic E-state index is 5.08. The van der Waals surface area contributed by atoms with E-state index in [4.69, 9.17) is 4.74 Å². The Morgan fingerprint density at radius 2 is 2.11 bits per heavy atom. The lowest BCUT2D eigenvalue weighted by Crippen LogP contribution is -2.05. The number of methoxy groups -OCH3 is 1. The molecule has 0 aliphatic heterocycles. The molecule has 0 fully saturated rings. The molecule has 18 heavy (non-hydrogen) atoms. The molecular formula is C15H22N2O. The molecule has 0 radical (unpaired) electrons. The highest BCUT2D eigenvalue weighted by Crippen LogP contribution is 2.20. The van der Waals surface area contributed by atoms with E-state index in [2.05, 4.69) is 40.3 Å². The van der Waals surface area contributed by atoms with E-state index in [0.29, 0.717) is 0 Å². The monoisotopic (exact) mass is 246 g/mol. The predicted molar refractivity (Wildman–Crippen MR) is 75.8 cm³/mol. The van der Waals surface area contributed by atoms with Crippen molar-refractivity contribution in [1.29, 1.82) is 0 Å². The van der Waals surface area contributed by atoms with Crippen LogP contribution in [0.1, 0.15) is 18.4 Å². The summed E-state index contributed by atoms with van der Waals surface area (Å²) in [5.74, 6) is 0. The first-order valence-corrected chi connectivity index (χ1v) is 6.57. The van der Waals surface area contributed by atoms with Crippen molar-refractivity contribution < 1.29 is 4.74 Å². The standard InChI is InChI=1S/C15H22N2O/c1-16-12-13-6-5-7-15-14(13)8-10-17(15)9-3-4-11-18-2/h5-8,10,16H,3-4,9,11-12H2,1-2H3. The van der Waals surface area contributed by atoms with Gasteiger partial charge in [0.25, 0.3) is 0 Å². The van der Waals surface area contributed by atoms with Gasteiger partial charge < -0.3 is 14.6 Å². The van der Waals surface area contributed by atoms with Crippen molar-refractivity contribution in [2.75, 3.05) is 20.8 Å². The second-order valence-electron chi connectivity index (χ2n) is 4.59. The molecule has 98 valence electrons. The highest BCUT2D eigenvalue weighted by molar-refractivity contribution is 5.83. The molecule has 0 amide bonds. The lowest BCUT2D eigenvalue weighted by Gasteiger charge is -2.07. The molecule has 1 N–H and O–H groups in total. The number of hydrogen-bond donors (Lipinski definition) is 1. The third-order valence-corrected chi connectivity index (χ3v) is 3.27. The number of aryl methyl sites for hydroxylation is 1. The van der Waals surface area contributed by atoms with Gasteiger partial charge in [0, 0.05) is 43.9 Å². The molecule has 0 spiro atoms. The van der Waals surface area contributed by atoms with Crippen LogP contribution in [0, 0.1) is 0 Å². The molecule has 3 nitrogen and oxygen atoms in total. The minimum atomic E-state index is 0.851. The zero-order chi connectivity index (χ0) is 12.8. The first-order valence-electron chi connectivity index (χ1n) is 6.57. The Morgan fingerprint density at radius 3 is 2.89 bits per heavy atom. The van der Waals surface area contributed by atoms with Crippen LogP contribution < -0.4 is 5.32 Å². The first kappa shape index (κ1) is 13.1. The molecule has 2 aromatic rings. The molecule has 0 aliphatic carbocycles. The second-order valence-corrected chi connectivity index (χ2v) is 4.59. The van der Waals surface area contributed by atoms with Crippen LogP contribution in [0.5, 0.6) is 0 Å². The van der Waals surface area contributed by atoms with E-state index in [1.807, 2.05) is 7.05 Å². The van der Waals surface area contributed by atoms with Crippen LogP contribution in [0.3, 0.4) is 0 Å².